The van der Waals surface area contributed by atoms with Gasteiger partial charge in [0.1, 0.15) is 17.6 Å². The molecule has 0 aromatic carbocycles. The van der Waals surface area contributed by atoms with E-state index >= 15 is 0 Å². The fourth-order valence-electron chi connectivity index (χ4n) is 8.80. The van der Waals surface area contributed by atoms with Crippen molar-refractivity contribution in [2.24, 2.45) is 34.0 Å². The number of Topliss-reactive ketones (excluding diaryl/α,β-unsaturated/α-hetero) is 1. The van der Waals surface area contributed by atoms with E-state index in [2.05, 4.69) is 13.5 Å². The van der Waals surface area contributed by atoms with Gasteiger partial charge in [0, 0.05) is 38.2 Å². The zero-order valence-electron chi connectivity index (χ0n) is 19.5. The van der Waals surface area contributed by atoms with Crippen LogP contribution in [0.4, 0.5) is 0 Å². The fourth-order valence-corrected chi connectivity index (χ4v) is 8.80. The molecule has 0 unspecified atom stereocenters. The van der Waals surface area contributed by atoms with Crippen molar-refractivity contribution in [1.29, 1.82) is 0 Å². The number of rotatable bonds is 3. The molecule has 5 fully saturated rings. The lowest BCUT2D eigenvalue weighted by Gasteiger charge is -2.69. The van der Waals surface area contributed by atoms with E-state index in [-0.39, 0.29) is 40.3 Å². The van der Waals surface area contributed by atoms with Gasteiger partial charge in [-0.3, -0.25) is 14.4 Å². The summed E-state index contributed by atoms with van der Waals surface area (Å²) in [7, 11) is 1.63. The monoisotopic (exact) mass is 446 g/mol. The molecule has 7 heteroatoms. The maximum atomic E-state index is 14.1. The van der Waals surface area contributed by atoms with Crippen molar-refractivity contribution in [2.75, 3.05) is 20.3 Å². The van der Waals surface area contributed by atoms with Crippen molar-refractivity contribution in [3.05, 3.63) is 12.2 Å². The fraction of sp³-hybridized carbons (Fsp3) is 0.800. The van der Waals surface area contributed by atoms with E-state index in [4.69, 9.17) is 18.9 Å². The van der Waals surface area contributed by atoms with E-state index < -0.39 is 29.7 Å². The number of hydrogen-bond donors (Lipinski definition) is 0. The minimum Gasteiger partial charge on any atom is -0.462 e. The van der Waals surface area contributed by atoms with Crippen LogP contribution in [0.2, 0.25) is 0 Å². The molecule has 0 N–H and O–H groups in total. The standard InChI is InChI=1S/C25H34O7/c1-13-16-9-17(31-14(2)26)20-24-8-6-7-23(4,11-30-12-24)18(24)10-19(29-5)25(20,21(13)28)22(16)32-15(3)27/h16-20,22H,1,6-12H2,2-5H3/t16-,17-,18+,19-,20-,22+,23-,24-,25+/m0/s1. The number of fused-ring (bicyclic) bond motifs is 1. The van der Waals surface area contributed by atoms with Crippen molar-refractivity contribution < 1.29 is 33.3 Å². The third-order valence-corrected chi connectivity index (χ3v) is 9.57. The van der Waals surface area contributed by atoms with Crippen LogP contribution in [-0.4, -0.2) is 56.4 Å². The van der Waals surface area contributed by atoms with Gasteiger partial charge >= 0.3 is 11.9 Å². The van der Waals surface area contributed by atoms with E-state index in [9.17, 15) is 14.4 Å². The van der Waals surface area contributed by atoms with Gasteiger partial charge in [-0.1, -0.05) is 19.9 Å². The van der Waals surface area contributed by atoms with Crippen LogP contribution >= 0.6 is 0 Å². The third-order valence-electron chi connectivity index (χ3n) is 9.57. The van der Waals surface area contributed by atoms with Gasteiger partial charge < -0.3 is 18.9 Å². The molecule has 1 spiro atoms. The van der Waals surface area contributed by atoms with Crippen LogP contribution in [0.1, 0.15) is 52.9 Å². The lowest BCUT2D eigenvalue weighted by Crippen LogP contribution is -2.74. The summed E-state index contributed by atoms with van der Waals surface area (Å²) in [4.78, 5) is 38.5. The Morgan fingerprint density at radius 1 is 1.09 bits per heavy atom. The molecule has 7 nitrogen and oxygen atoms in total. The summed E-state index contributed by atoms with van der Waals surface area (Å²) < 4.78 is 24.2. The highest BCUT2D eigenvalue weighted by Crippen LogP contribution is 2.73. The largest absolute Gasteiger partial charge is 0.462 e. The zero-order valence-corrected chi connectivity index (χ0v) is 19.5. The van der Waals surface area contributed by atoms with Crippen LogP contribution in [0.25, 0.3) is 0 Å². The average Bonchev–Trinajstić information content (AvgIpc) is 2.83. The van der Waals surface area contributed by atoms with Gasteiger partial charge in [-0.05, 0) is 42.6 Å². The molecule has 0 aromatic heterocycles. The molecule has 32 heavy (non-hydrogen) atoms. The first-order valence-corrected chi connectivity index (χ1v) is 11.8. The van der Waals surface area contributed by atoms with E-state index in [0.29, 0.717) is 31.6 Å². The molecule has 0 radical (unpaired) electrons. The summed E-state index contributed by atoms with van der Waals surface area (Å²) >= 11 is 0. The normalized spacial score (nSPS) is 49.1. The van der Waals surface area contributed by atoms with E-state index in [1.54, 1.807) is 7.11 Å². The Hall–Kier alpha value is -1.73. The molecule has 1 aliphatic heterocycles. The Bertz CT molecular complexity index is 868. The Labute approximate surface area is 189 Å². The second-order valence-electron chi connectivity index (χ2n) is 11.0. The Kier molecular flexibility index (Phi) is 4.92. The quantitative estimate of drug-likeness (QED) is 0.487. The number of carbonyl (C=O) groups is 3. The number of esters is 2. The third kappa shape index (κ3) is 2.58. The predicted molar refractivity (Wildman–Crippen MR) is 113 cm³/mol. The molecule has 5 rings (SSSR count). The lowest BCUT2D eigenvalue weighted by molar-refractivity contribution is -0.299. The number of ketones is 1. The molecule has 9 atom stereocenters. The molecule has 4 saturated carbocycles. The van der Waals surface area contributed by atoms with Gasteiger partial charge in [0.15, 0.2) is 5.78 Å². The van der Waals surface area contributed by atoms with Gasteiger partial charge in [0.25, 0.3) is 0 Å². The minimum absolute atomic E-state index is 0.0257. The molecular formula is C25H34O7. The number of ether oxygens (including phenoxy) is 4. The molecule has 4 aliphatic carbocycles. The molecule has 176 valence electrons. The Morgan fingerprint density at radius 3 is 2.47 bits per heavy atom. The number of carbonyl (C=O) groups excluding carboxylic acids is 3. The Balaban J connectivity index is 1.76. The first-order chi connectivity index (χ1) is 15.1. The smallest absolute Gasteiger partial charge is 0.302 e. The average molecular weight is 447 g/mol. The summed E-state index contributed by atoms with van der Waals surface area (Å²) in [5.74, 6) is -1.34. The summed E-state index contributed by atoms with van der Waals surface area (Å²) in [5, 5.41) is 0. The van der Waals surface area contributed by atoms with Gasteiger partial charge in [0.05, 0.1) is 19.3 Å². The molecule has 0 aromatic rings. The van der Waals surface area contributed by atoms with Crippen molar-refractivity contribution in [2.45, 2.75) is 71.2 Å². The highest BCUT2D eigenvalue weighted by atomic mass is 16.6. The number of hydrogen-bond acceptors (Lipinski definition) is 7. The van der Waals surface area contributed by atoms with E-state index in [0.717, 1.165) is 19.3 Å². The molecule has 4 bridgehead atoms. The molecule has 0 amide bonds. The van der Waals surface area contributed by atoms with Gasteiger partial charge in [-0.15, -0.1) is 0 Å². The van der Waals surface area contributed by atoms with Crippen molar-refractivity contribution >= 4 is 17.7 Å². The SMILES string of the molecule is C=C1C(=O)[C@@]23[C@@H](OC)C[C@@H]4[C@@]5(C)CCC[C@@]4(COC5)[C@@H]2[C@@H](OC(C)=O)C[C@@H]1[C@H]3OC(C)=O. The van der Waals surface area contributed by atoms with Crippen LogP contribution < -0.4 is 0 Å². The van der Waals surface area contributed by atoms with Crippen LogP contribution in [0.15, 0.2) is 12.2 Å². The van der Waals surface area contributed by atoms with Crippen molar-refractivity contribution in [3.63, 3.8) is 0 Å². The summed E-state index contributed by atoms with van der Waals surface area (Å²) in [6.45, 7) is 10.4. The first-order valence-electron chi connectivity index (χ1n) is 11.8. The molecular weight excluding hydrogens is 412 g/mol. The second-order valence-corrected chi connectivity index (χ2v) is 11.0. The van der Waals surface area contributed by atoms with Crippen molar-refractivity contribution in [1.82, 2.24) is 0 Å². The zero-order chi connectivity index (χ0) is 23.1. The summed E-state index contributed by atoms with van der Waals surface area (Å²) in [6.07, 6.45) is 2.53. The van der Waals surface area contributed by atoms with Crippen molar-refractivity contribution in [3.8, 4) is 0 Å². The highest BCUT2D eigenvalue weighted by Gasteiger charge is 2.80. The van der Waals surface area contributed by atoms with Gasteiger partial charge in [-0.2, -0.15) is 0 Å². The van der Waals surface area contributed by atoms with Crippen LogP contribution in [0, 0.1) is 34.0 Å². The van der Waals surface area contributed by atoms with Crippen LogP contribution in [0.3, 0.4) is 0 Å². The maximum Gasteiger partial charge on any atom is 0.302 e. The molecule has 1 heterocycles. The van der Waals surface area contributed by atoms with Gasteiger partial charge in [0.2, 0.25) is 0 Å². The van der Waals surface area contributed by atoms with Crippen LogP contribution in [-0.2, 0) is 33.3 Å². The van der Waals surface area contributed by atoms with Crippen LogP contribution in [0.5, 0.6) is 0 Å². The summed E-state index contributed by atoms with van der Waals surface area (Å²) in [6, 6.07) is 0. The summed E-state index contributed by atoms with van der Waals surface area (Å²) in [5.41, 5.74) is -1.02. The van der Waals surface area contributed by atoms with E-state index in [1.807, 2.05) is 0 Å². The lowest BCUT2D eigenvalue weighted by atomic mass is 9.38. The first kappa shape index (κ1) is 22.1. The molecule has 1 saturated heterocycles. The maximum absolute atomic E-state index is 14.1. The van der Waals surface area contributed by atoms with E-state index in [1.165, 1.54) is 13.8 Å². The Morgan fingerprint density at radius 2 is 1.81 bits per heavy atom. The predicted octanol–water partition coefficient (Wildman–Crippen LogP) is 2.85. The van der Waals surface area contributed by atoms with Gasteiger partial charge in [-0.25, -0.2) is 0 Å². The molecule has 5 aliphatic rings. The second kappa shape index (κ2) is 7.13. The topological polar surface area (TPSA) is 88.1 Å². The highest BCUT2D eigenvalue weighted by molar-refractivity contribution is 6.05. The minimum atomic E-state index is -1.12. The number of methoxy groups -OCH3 is 1.